The monoisotopic (exact) mass is 466 g/mol. The standard InChI is InChI=1S/C21H24Cl2N4O2S/c1-3-26-8-10-27(11-9-26)18-6-5-15(13-16(18)22)24-21(30)25-20(28)14-4-7-19(29-2)17(23)12-14/h4-7,12-13H,3,8-11H2,1-2H3,(H2,24,25,28,30). The Balaban J connectivity index is 1.59. The summed E-state index contributed by atoms with van der Waals surface area (Å²) in [5, 5.41) is 6.80. The molecule has 9 heteroatoms. The number of piperazine rings is 1. The van der Waals surface area contributed by atoms with Crippen molar-refractivity contribution < 1.29 is 9.53 Å². The van der Waals surface area contributed by atoms with Gasteiger partial charge in [0, 0.05) is 37.4 Å². The van der Waals surface area contributed by atoms with Gasteiger partial charge in [-0.15, -0.1) is 0 Å². The van der Waals surface area contributed by atoms with Gasteiger partial charge in [-0.1, -0.05) is 30.1 Å². The summed E-state index contributed by atoms with van der Waals surface area (Å²) in [6, 6.07) is 10.5. The molecule has 160 valence electrons. The quantitative estimate of drug-likeness (QED) is 0.641. The van der Waals surface area contributed by atoms with Crippen molar-refractivity contribution in [1.82, 2.24) is 10.2 Å². The lowest BCUT2D eigenvalue weighted by atomic mass is 10.2. The predicted molar refractivity (Wildman–Crippen MR) is 127 cm³/mol. The third-order valence-corrected chi connectivity index (χ3v) is 5.81. The molecular formula is C21H24Cl2N4O2S. The molecule has 1 heterocycles. The van der Waals surface area contributed by atoms with Gasteiger partial charge in [0.15, 0.2) is 5.11 Å². The first-order chi connectivity index (χ1) is 14.4. The normalized spacial score (nSPS) is 14.3. The van der Waals surface area contributed by atoms with Crippen LogP contribution in [-0.2, 0) is 0 Å². The molecule has 0 atom stereocenters. The van der Waals surface area contributed by atoms with E-state index in [-0.39, 0.29) is 11.0 Å². The Kier molecular flexibility index (Phi) is 7.77. The average Bonchev–Trinajstić information content (AvgIpc) is 2.73. The number of halogens is 2. The number of carbonyl (C=O) groups excluding carboxylic acids is 1. The van der Waals surface area contributed by atoms with E-state index in [1.807, 2.05) is 18.2 Å². The van der Waals surface area contributed by atoms with Gasteiger partial charge >= 0.3 is 0 Å². The largest absolute Gasteiger partial charge is 0.495 e. The lowest BCUT2D eigenvalue weighted by molar-refractivity contribution is 0.0977. The van der Waals surface area contributed by atoms with Gasteiger partial charge < -0.3 is 19.9 Å². The van der Waals surface area contributed by atoms with Crippen LogP contribution in [0.5, 0.6) is 5.75 Å². The minimum atomic E-state index is -0.367. The molecule has 1 aliphatic rings. The van der Waals surface area contributed by atoms with Gasteiger partial charge in [-0.25, -0.2) is 0 Å². The maximum atomic E-state index is 12.4. The van der Waals surface area contributed by atoms with Crippen LogP contribution in [0.3, 0.4) is 0 Å². The molecule has 6 nitrogen and oxygen atoms in total. The minimum Gasteiger partial charge on any atom is -0.495 e. The Morgan fingerprint density at radius 3 is 2.43 bits per heavy atom. The number of rotatable bonds is 5. The van der Waals surface area contributed by atoms with E-state index in [0.717, 1.165) is 38.4 Å². The number of nitrogens with one attached hydrogen (secondary N) is 2. The lowest BCUT2D eigenvalue weighted by Gasteiger charge is -2.36. The van der Waals surface area contributed by atoms with Crippen molar-refractivity contribution in [3.63, 3.8) is 0 Å². The fourth-order valence-electron chi connectivity index (χ4n) is 3.29. The minimum absolute atomic E-state index is 0.173. The van der Waals surface area contributed by atoms with Crippen molar-refractivity contribution in [3.8, 4) is 5.75 Å². The number of ether oxygens (including phenoxy) is 1. The van der Waals surface area contributed by atoms with Gasteiger partial charge in [-0.2, -0.15) is 0 Å². The zero-order chi connectivity index (χ0) is 21.7. The molecule has 1 fully saturated rings. The number of likely N-dealkylation sites (N-methyl/N-ethyl adjacent to an activating group) is 1. The van der Waals surface area contributed by atoms with Crippen molar-refractivity contribution in [1.29, 1.82) is 0 Å². The molecule has 0 saturated carbocycles. The van der Waals surface area contributed by atoms with Crippen molar-refractivity contribution in [3.05, 3.63) is 52.0 Å². The first-order valence-electron chi connectivity index (χ1n) is 9.64. The SMILES string of the molecule is CCN1CCN(c2ccc(NC(=S)NC(=O)c3ccc(OC)c(Cl)c3)cc2Cl)CC1. The van der Waals surface area contributed by atoms with Gasteiger partial charge in [0.2, 0.25) is 0 Å². The maximum absolute atomic E-state index is 12.4. The lowest BCUT2D eigenvalue weighted by Crippen LogP contribution is -2.46. The van der Waals surface area contributed by atoms with Crippen molar-refractivity contribution in [2.24, 2.45) is 0 Å². The number of anilines is 2. The van der Waals surface area contributed by atoms with E-state index in [4.69, 9.17) is 40.2 Å². The molecule has 0 unspecified atom stereocenters. The highest BCUT2D eigenvalue weighted by molar-refractivity contribution is 7.80. The third kappa shape index (κ3) is 5.55. The zero-order valence-corrected chi connectivity index (χ0v) is 19.2. The van der Waals surface area contributed by atoms with Gasteiger partial charge in [-0.3, -0.25) is 10.1 Å². The molecule has 0 bridgehead atoms. The average molecular weight is 467 g/mol. The zero-order valence-electron chi connectivity index (χ0n) is 16.9. The molecule has 1 amide bonds. The van der Waals surface area contributed by atoms with E-state index in [0.29, 0.717) is 27.0 Å². The first-order valence-corrected chi connectivity index (χ1v) is 10.8. The van der Waals surface area contributed by atoms with E-state index in [1.54, 1.807) is 12.1 Å². The Bertz CT molecular complexity index is 933. The van der Waals surface area contributed by atoms with E-state index < -0.39 is 0 Å². The second-order valence-electron chi connectivity index (χ2n) is 6.85. The molecule has 2 aromatic carbocycles. The van der Waals surface area contributed by atoms with Crippen LogP contribution in [0.25, 0.3) is 0 Å². The number of carbonyl (C=O) groups is 1. The molecule has 2 N–H and O–H groups in total. The summed E-state index contributed by atoms with van der Waals surface area (Å²) in [5.41, 5.74) is 2.08. The van der Waals surface area contributed by atoms with Crippen LogP contribution in [0.1, 0.15) is 17.3 Å². The summed E-state index contributed by atoms with van der Waals surface area (Å²) >= 11 is 17.9. The summed E-state index contributed by atoms with van der Waals surface area (Å²) in [4.78, 5) is 17.1. The Morgan fingerprint density at radius 2 is 1.83 bits per heavy atom. The predicted octanol–water partition coefficient (Wildman–Crippen LogP) is 4.27. The number of hydrogen-bond acceptors (Lipinski definition) is 5. The molecular weight excluding hydrogens is 443 g/mol. The molecule has 0 radical (unpaired) electrons. The second kappa shape index (κ2) is 10.3. The molecule has 1 saturated heterocycles. The second-order valence-corrected chi connectivity index (χ2v) is 8.07. The summed E-state index contributed by atoms with van der Waals surface area (Å²) in [6.07, 6.45) is 0. The third-order valence-electron chi connectivity index (χ3n) is 5.01. The number of hydrogen-bond donors (Lipinski definition) is 2. The van der Waals surface area contributed by atoms with Gasteiger partial charge in [-0.05, 0) is 55.2 Å². The van der Waals surface area contributed by atoms with Crippen LogP contribution in [0.4, 0.5) is 11.4 Å². The Labute approximate surface area is 192 Å². The van der Waals surface area contributed by atoms with Crippen molar-refractivity contribution in [2.45, 2.75) is 6.92 Å². The Morgan fingerprint density at radius 1 is 1.10 bits per heavy atom. The highest BCUT2D eigenvalue weighted by Gasteiger charge is 2.18. The van der Waals surface area contributed by atoms with Crippen molar-refractivity contribution in [2.75, 3.05) is 50.1 Å². The molecule has 0 aromatic heterocycles. The molecule has 1 aliphatic heterocycles. The van der Waals surface area contributed by atoms with Crippen LogP contribution < -0.4 is 20.3 Å². The number of benzene rings is 2. The number of thiocarbonyl (C=S) groups is 1. The van der Waals surface area contributed by atoms with Crippen molar-refractivity contribution >= 4 is 57.8 Å². The van der Waals surface area contributed by atoms with E-state index in [9.17, 15) is 4.79 Å². The summed E-state index contributed by atoms with van der Waals surface area (Å²) in [6.45, 7) is 7.18. The van der Waals surface area contributed by atoms with Gasteiger partial charge in [0.1, 0.15) is 5.75 Å². The van der Waals surface area contributed by atoms with Crippen LogP contribution in [0.15, 0.2) is 36.4 Å². The molecule has 30 heavy (non-hydrogen) atoms. The van der Waals surface area contributed by atoms with E-state index in [2.05, 4.69) is 27.4 Å². The van der Waals surface area contributed by atoms with Gasteiger partial charge in [0.25, 0.3) is 5.91 Å². The summed E-state index contributed by atoms with van der Waals surface area (Å²) in [5.74, 6) is 0.133. The molecule has 0 spiro atoms. The number of amides is 1. The summed E-state index contributed by atoms with van der Waals surface area (Å²) in [7, 11) is 1.52. The smallest absolute Gasteiger partial charge is 0.257 e. The van der Waals surface area contributed by atoms with Crippen LogP contribution >= 0.6 is 35.4 Å². The van der Waals surface area contributed by atoms with Crippen LogP contribution in [0.2, 0.25) is 10.0 Å². The fraction of sp³-hybridized carbons (Fsp3) is 0.333. The van der Waals surface area contributed by atoms with E-state index in [1.165, 1.54) is 13.2 Å². The topological polar surface area (TPSA) is 56.8 Å². The first kappa shape index (κ1) is 22.6. The molecule has 0 aliphatic carbocycles. The fourth-order valence-corrected chi connectivity index (χ4v) is 4.06. The van der Waals surface area contributed by atoms with E-state index >= 15 is 0 Å². The highest BCUT2D eigenvalue weighted by atomic mass is 35.5. The molecule has 2 aromatic rings. The molecule has 3 rings (SSSR count). The van der Waals surface area contributed by atoms with Crippen LogP contribution in [0, 0.1) is 0 Å². The highest BCUT2D eigenvalue weighted by Crippen LogP contribution is 2.30. The summed E-state index contributed by atoms with van der Waals surface area (Å²) < 4.78 is 5.10. The van der Waals surface area contributed by atoms with Gasteiger partial charge in [0.05, 0.1) is 22.8 Å². The number of methoxy groups -OCH3 is 1. The number of nitrogens with zero attached hydrogens (tertiary/aromatic N) is 2. The Hall–Kier alpha value is -2.06. The maximum Gasteiger partial charge on any atom is 0.257 e. The van der Waals surface area contributed by atoms with Crippen LogP contribution in [-0.4, -0.2) is 55.8 Å².